The van der Waals surface area contributed by atoms with E-state index in [2.05, 4.69) is 21.4 Å². The summed E-state index contributed by atoms with van der Waals surface area (Å²) in [4.78, 5) is 10.4. The van der Waals surface area contributed by atoms with Gasteiger partial charge in [0.05, 0.1) is 0 Å². The predicted octanol–water partition coefficient (Wildman–Crippen LogP) is 4.55. The number of hydrogen-bond acceptors (Lipinski definition) is 7. The fourth-order valence-electron chi connectivity index (χ4n) is 2.88. The van der Waals surface area contributed by atoms with Crippen molar-refractivity contribution in [3.8, 4) is 11.6 Å². The number of hydrogen-bond donors (Lipinski definition) is 2. The molecule has 1 aromatic carbocycles. The third-order valence-corrected chi connectivity index (χ3v) is 4.23. The number of aromatic nitrogens is 2. The van der Waals surface area contributed by atoms with Gasteiger partial charge in [0.25, 0.3) is 0 Å². The monoisotopic (exact) mass is 426 g/mol. The minimum Gasteiger partial charge on any atom is -0.491 e. The molecule has 1 atom stereocenters. The maximum Gasteiger partial charge on any atom is 0.223 e. The SMILES string of the molecule is CC.CN(C)CC(O)COc1ccc(Nc2cc(OC3=CC=CCCC3)ncn2)cc1. The first-order valence-corrected chi connectivity index (χ1v) is 10.8. The summed E-state index contributed by atoms with van der Waals surface area (Å²) < 4.78 is 11.5. The molecule has 7 nitrogen and oxygen atoms in total. The van der Waals surface area contributed by atoms with Crippen LogP contribution in [0.1, 0.15) is 33.1 Å². The van der Waals surface area contributed by atoms with Crippen molar-refractivity contribution in [3.63, 3.8) is 0 Å². The van der Waals surface area contributed by atoms with E-state index >= 15 is 0 Å². The largest absolute Gasteiger partial charge is 0.491 e. The Kier molecular flexibility index (Phi) is 10.5. The van der Waals surface area contributed by atoms with Crippen molar-refractivity contribution < 1.29 is 14.6 Å². The van der Waals surface area contributed by atoms with Gasteiger partial charge in [-0.2, -0.15) is 0 Å². The molecule has 31 heavy (non-hydrogen) atoms. The van der Waals surface area contributed by atoms with Crippen molar-refractivity contribution in [3.05, 3.63) is 60.6 Å². The average Bonchev–Trinajstić information content (AvgIpc) is 3.03. The minimum absolute atomic E-state index is 0.253. The van der Waals surface area contributed by atoms with Crippen LogP contribution in [-0.2, 0) is 0 Å². The Bertz CT molecular complexity index is 835. The van der Waals surface area contributed by atoms with Crippen molar-refractivity contribution in [1.82, 2.24) is 14.9 Å². The molecule has 0 saturated heterocycles. The third kappa shape index (κ3) is 9.19. The maximum atomic E-state index is 9.88. The molecule has 2 aromatic rings. The van der Waals surface area contributed by atoms with Crippen molar-refractivity contribution in [2.75, 3.05) is 32.6 Å². The normalized spacial score (nSPS) is 14.1. The number of benzene rings is 1. The first-order valence-electron chi connectivity index (χ1n) is 10.8. The first kappa shape index (κ1) is 24.4. The molecule has 1 unspecified atom stereocenters. The predicted molar refractivity (Wildman–Crippen MR) is 125 cm³/mol. The molecule has 0 radical (unpaired) electrons. The molecule has 3 rings (SSSR count). The minimum atomic E-state index is -0.527. The molecule has 0 amide bonds. The van der Waals surface area contributed by atoms with Crippen LogP contribution in [0.4, 0.5) is 11.5 Å². The number of nitrogens with zero attached hydrogens (tertiary/aromatic N) is 3. The molecular weight excluding hydrogens is 392 g/mol. The summed E-state index contributed by atoms with van der Waals surface area (Å²) in [5, 5.41) is 13.1. The van der Waals surface area contributed by atoms with E-state index < -0.39 is 6.10 Å². The van der Waals surface area contributed by atoms with Gasteiger partial charge in [-0.1, -0.05) is 26.0 Å². The first-order chi connectivity index (χ1) is 15.1. The summed E-state index contributed by atoms with van der Waals surface area (Å²) in [6, 6.07) is 9.28. The lowest BCUT2D eigenvalue weighted by Gasteiger charge is -2.16. The van der Waals surface area contributed by atoms with Crippen molar-refractivity contribution in [1.29, 1.82) is 0 Å². The Morgan fingerprint density at radius 1 is 1.16 bits per heavy atom. The Labute approximate surface area is 185 Å². The number of nitrogens with one attached hydrogen (secondary N) is 1. The molecule has 168 valence electrons. The number of likely N-dealkylation sites (N-methyl/N-ethyl adjacent to an activating group) is 1. The molecule has 0 spiro atoms. The van der Waals surface area contributed by atoms with Gasteiger partial charge in [0.1, 0.15) is 36.4 Å². The molecule has 2 N–H and O–H groups in total. The van der Waals surface area contributed by atoms with Gasteiger partial charge < -0.3 is 24.8 Å². The topological polar surface area (TPSA) is 79.7 Å². The van der Waals surface area contributed by atoms with Crippen molar-refractivity contribution in [2.24, 2.45) is 0 Å². The van der Waals surface area contributed by atoms with Gasteiger partial charge in [0.15, 0.2) is 0 Å². The van der Waals surface area contributed by atoms with E-state index in [1.807, 2.05) is 69.3 Å². The summed E-state index contributed by atoms with van der Waals surface area (Å²) in [7, 11) is 3.83. The van der Waals surface area contributed by atoms with Gasteiger partial charge in [0, 0.05) is 24.7 Å². The highest BCUT2D eigenvalue weighted by Crippen LogP contribution is 2.22. The van der Waals surface area contributed by atoms with Crippen molar-refractivity contribution in [2.45, 2.75) is 39.2 Å². The zero-order chi connectivity index (χ0) is 22.5. The molecule has 1 aromatic heterocycles. The van der Waals surface area contributed by atoms with Gasteiger partial charge in [-0.3, -0.25) is 0 Å². The molecule has 7 heteroatoms. The highest BCUT2D eigenvalue weighted by Gasteiger charge is 2.08. The molecular formula is C24H34N4O3. The van der Waals surface area contributed by atoms with Gasteiger partial charge in [-0.15, -0.1) is 0 Å². The third-order valence-electron chi connectivity index (χ3n) is 4.23. The maximum absolute atomic E-state index is 9.88. The van der Waals surface area contributed by atoms with E-state index in [1.165, 1.54) is 6.33 Å². The number of aliphatic hydroxyl groups excluding tert-OH is 1. The van der Waals surface area contributed by atoms with E-state index in [0.717, 1.165) is 30.7 Å². The number of allylic oxidation sites excluding steroid dienone is 4. The molecule has 1 heterocycles. The van der Waals surface area contributed by atoms with Crippen LogP contribution >= 0.6 is 0 Å². The summed E-state index contributed by atoms with van der Waals surface area (Å²) in [5.74, 6) is 2.77. The summed E-state index contributed by atoms with van der Waals surface area (Å²) in [6.45, 7) is 4.81. The standard InChI is InChI=1S/C22H28N4O3.C2H6/c1-26(2)14-18(27)15-28-19-11-9-17(10-12-19)25-21-13-22(24-16-23-21)29-20-7-5-3-4-6-8-20;1-2/h3,5,7,9-13,16,18,27H,4,6,8,14-15H2,1-2H3,(H,23,24,25);1-2H3. The van der Waals surface area contributed by atoms with Gasteiger partial charge in [-0.05, 0) is 57.3 Å². The lowest BCUT2D eigenvalue weighted by atomic mass is 10.2. The second-order valence-corrected chi connectivity index (χ2v) is 7.17. The number of ether oxygens (including phenoxy) is 2. The fourth-order valence-corrected chi connectivity index (χ4v) is 2.88. The van der Waals surface area contributed by atoms with Crippen LogP contribution in [0.15, 0.2) is 60.6 Å². The molecule has 0 fully saturated rings. The van der Waals surface area contributed by atoms with Crippen LogP contribution in [0.2, 0.25) is 0 Å². The Morgan fingerprint density at radius 2 is 1.94 bits per heavy atom. The highest BCUT2D eigenvalue weighted by atomic mass is 16.5. The van der Waals surface area contributed by atoms with Gasteiger partial charge in [-0.25, -0.2) is 9.97 Å². The Hall–Kier alpha value is -2.90. The second-order valence-electron chi connectivity index (χ2n) is 7.17. The molecule has 0 saturated carbocycles. The highest BCUT2D eigenvalue weighted by molar-refractivity contribution is 5.57. The van der Waals surface area contributed by atoms with Crippen LogP contribution in [-0.4, -0.2) is 53.3 Å². The summed E-state index contributed by atoms with van der Waals surface area (Å²) >= 11 is 0. The van der Waals surface area contributed by atoms with E-state index in [9.17, 15) is 5.11 Å². The van der Waals surface area contributed by atoms with E-state index in [0.29, 0.717) is 24.0 Å². The van der Waals surface area contributed by atoms with Gasteiger partial charge in [0.2, 0.25) is 5.88 Å². The lowest BCUT2D eigenvalue weighted by molar-refractivity contribution is 0.0831. The van der Waals surface area contributed by atoms with Crippen LogP contribution in [0.25, 0.3) is 0 Å². The van der Waals surface area contributed by atoms with Gasteiger partial charge >= 0.3 is 0 Å². The van der Waals surface area contributed by atoms with Crippen LogP contribution in [0.3, 0.4) is 0 Å². The summed E-state index contributed by atoms with van der Waals surface area (Å²) in [6.07, 6.45) is 10.1. The van der Waals surface area contributed by atoms with E-state index in [1.54, 1.807) is 6.07 Å². The van der Waals surface area contributed by atoms with Crippen molar-refractivity contribution >= 4 is 11.5 Å². The smallest absolute Gasteiger partial charge is 0.223 e. The van der Waals surface area contributed by atoms with Crippen LogP contribution in [0, 0.1) is 0 Å². The number of anilines is 2. The zero-order valence-corrected chi connectivity index (χ0v) is 18.9. The molecule has 0 bridgehead atoms. The number of aliphatic hydroxyl groups is 1. The van der Waals surface area contributed by atoms with E-state index in [4.69, 9.17) is 9.47 Å². The Balaban J connectivity index is 0.00000166. The zero-order valence-electron chi connectivity index (χ0n) is 18.9. The quantitative estimate of drug-likeness (QED) is 0.609. The van der Waals surface area contributed by atoms with Crippen LogP contribution in [0.5, 0.6) is 11.6 Å². The lowest BCUT2D eigenvalue weighted by Crippen LogP contribution is -2.30. The fraction of sp³-hybridized carbons (Fsp3) is 0.417. The average molecular weight is 427 g/mol. The molecule has 1 aliphatic rings. The Morgan fingerprint density at radius 3 is 2.68 bits per heavy atom. The molecule has 0 aliphatic heterocycles. The van der Waals surface area contributed by atoms with E-state index in [-0.39, 0.29) is 6.61 Å². The second kappa shape index (κ2) is 13.4. The number of rotatable bonds is 9. The van der Waals surface area contributed by atoms with Crippen LogP contribution < -0.4 is 14.8 Å². The summed E-state index contributed by atoms with van der Waals surface area (Å²) in [5.41, 5.74) is 0.868. The molecule has 1 aliphatic carbocycles.